The van der Waals surface area contributed by atoms with E-state index in [9.17, 15) is 28.3 Å². The number of carbonyl (C=O) groups is 2. The van der Waals surface area contributed by atoms with Crippen molar-refractivity contribution in [2.75, 3.05) is 18.7 Å². The summed E-state index contributed by atoms with van der Waals surface area (Å²) in [6, 6.07) is 6.24. The predicted molar refractivity (Wildman–Crippen MR) is 107 cm³/mol. The minimum Gasteiger partial charge on any atom is -0.424 e. The third-order valence-corrected chi connectivity index (χ3v) is 4.94. The van der Waals surface area contributed by atoms with Crippen LogP contribution < -0.4 is 11.0 Å². The van der Waals surface area contributed by atoms with E-state index in [0.717, 1.165) is 12.3 Å². The second-order valence-corrected chi connectivity index (χ2v) is 7.20. The van der Waals surface area contributed by atoms with E-state index in [0.29, 0.717) is 21.3 Å². The standard InChI is InChI=1S/C20H21F2N3O8/c1-10-4-3-5-11(2)14(10)16(28)31-9-32-19(30)24-13-6-7-25(18(29)23-13)17-20(21,22)15(27)12(8-26)33-17/h3-7,12,15,17,26-27H,8-9H2,1-2H3,(H,23,24,29,30)/t12?,15-,17-/m1/s1. The molecule has 3 atom stereocenters. The topological polar surface area (TPSA) is 149 Å². The van der Waals surface area contributed by atoms with E-state index in [1.165, 1.54) is 0 Å². The van der Waals surface area contributed by atoms with Crippen LogP contribution in [0.25, 0.3) is 0 Å². The molecule has 1 aliphatic rings. The number of anilines is 1. The number of alkyl halides is 2. The highest BCUT2D eigenvalue weighted by molar-refractivity contribution is 5.92. The Hall–Kier alpha value is -3.42. The van der Waals surface area contributed by atoms with Gasteiger partial charge in [-0.05, 0) is 31.0 Å². The van der Waals surface area contributed by atoms with E-state index >= 15 is 0 Å². The number of ether oxygens (including phenoxy) is 3. The molecule has 11 nitrogen and oxygen atoms in total. The van der Waals surface area contributed by atoms with Gasteiger partial charge in [-0.1, -0.05) is 18.2 Å². The van der Waals surface area contributed by atoms with Crippen LogP contribution in [0.5, 0.6) is 0 Å². The zero-order chi connectivity index (χ0) is 24.3. The maximum absolute atomic E-state index is 14.2. The average Bonchev–Trinajstić information content (AvgIpc) is 2.97. The minimum atomic E-state index is -3.87. The van der Waals surface area contributed by atoms with Crippen molar-refractivity contribution in [2.24, 2.45) is 0 Å². The van der Waals surface area contributed by atoms with Crippen molar-refractivity contribution in [3.05, 3.63) is 57.6 Å². The Morgan fingerprint density at radius 2 is 1.91 bits per heavy atom. The molecular weight excluding hydrogens is 448 g/mol. The van der Waals surface area contributed by atoms with E-state index in [1.54, 1.807) is 32.0 Å². The van der Waals surface area contributed by atoms with Crippen LogP contribution >= 0.6 is 0 Å². The normalized spacial score (nSPS) is 21.5. The molecule has 1 fully saturated rings. The molecule has 2 heterocycles. The minimum absolute atomic E-state index is 0.331. The lowest BCUT2D eigenvalue weighted by atomic mass is 10.0. The number of hydrogen-bond donors (Lipinski definition) is 3. The summed E-state index contributed by atoms with van der Waals surface area (Å²) in [5, 5.41) is 20.7. The quantitative estimate of drug-likeness (QED) is 0.418. The first-order valence-electron chi connectivity index (χ1n) is 9.64. The van der Waals surface area contributed by atoms with Crippen molar-refractivity contribution in [3.8, 4) is 0 Å². The number of carbonyl (C=O) groups excluding carboxylic acids is 2. The van der Waals surface area contributed by atoms with Gasteiger partial charge in [-0.15, -0.1) is 0 Å². The molecule has 33 heavy (non-hydrogen) atoms. The van der Waals surface area contributed by atoms with Gasteiger partial charge in [0.2, 0.25) is 13.0 Å². The SMILES string of the molecule is Cc1cccc(C)c1C(=O)OCOC(=O)Nc1ccn([C@@H]2OC(CO)[C@@H](O)C2(F)F)c(=O)n1. The van der Waals surface area contributed by atoms with Crippen molar-refractivity contribution in [2.45, 2.75) is 38.2 Å². The maximum Gasteiger partial charge on any atom is 0.415 e. The maximum atomic E-state index is 14.2. The molecule has 3 rings (SSSR count). The number of halogens is 2. The summed E-state index contributed by atoms with van der Waals surface area (Å²) in [6.07, 6.45) is -6.35. The van der Waals surface area contributed by atoms with Crippen molar-refractivity contribution in [3.63, 3.8) is 0 Å². The van der Waals surface area contributed by atoms with Crippen LogP contribution in [0.2, 0.25) is 0 Å². The number of nitrogens with one attached hydrogen (secondary N) is 1. The Labute approximate surface area is 185 Å². The van der Waals surface area contributed by atoms with Crippen LogP contribution in [0.15, 0.2) is 35.3 Å². The number of rotatable bonds is 6. The summed E-state index contributed by atoms with van der Waals surface area (Å²) in [5.41, 5.74) is 0.490. The second kappa shape index (κ2) is 9.60. The monoisotopic (exact) mass is 469 g/mol. The van der Waals surface area contributed by atoms with Crippen molar-refractivity contribution in [1.82, 2.24) is 9.55 Å². The number of aliphatic hydroxyl groups is 2. The first kappa shape index (κ1) is 24.2. The van der Waals surface area contributed by atoms with Gasteiger partial charge in [-0.2, -0.15) is 13.8 Å². The van der Waals surface area contributed by atoms with Gasteiger partial charge in [-0.3, -0.25) is 9.88 Å². The molecule has 178 valence electrons. The fourth-order valence-corrected chi connectivity index (χ4v) is 3.27. The molecule has 1 aliphatic heterocycles. The molecular formula is C20H21F2N3O8. The van der Waals surface area contributed by atoms with Crippen LogP contribution in [0.3, 0.4) is 0 Å². The first-order chi connectivity index (χ1) is 15.6. The van der Waals surface area contributed by atoms with Crippen molar-refractivity contribution in [1.29, 1.82) is 0 Å². The second-order valence-electron chi connectivity index (χ2n) is 7.20. The van der Waals surface area contributed by atoms with Gasteiger partial charge in [0.15, 0.2) is 6.10 Å². The van der Waals surface area contributed by atoms with E-state index in [4.69, 9.17) is 19.3 Å². The number of benzene rings is 1. The van der Waals surface area contributed by atoms with Gasteiger partial charge >= 0.3 is 23.7 Å². The van der Waals surface area contributed by atoms with E-state index < -0.39 is 55.5 Å². The largest absolute Gasteiger partial charge is 0.424 e. The highest BCUT2D eigenvalue weighted by Crippen LogP contribution is 2.41. The van der Waals surface area contributed by atoms with Gasteiger partial charge in [0.25, 0.3) is 0 Å². The number of nitrogens with zero attached hydrogens (tertiary/aromatic N) is 2. The van der Waals surface area contributed by atoms with Crippen LogP contribution in [-0.4, -0.2) is 63.4 Å². The number of amides is 1. The summed E-state index contributed by atoms with van der Waals surface area (Å²) in [6.45, 7) is 1.84. The molecule has 1 aromatic carbocycles. The molecule has 0 bridgehead atoms. The Balaban J connectivity index is 1.58. The predicted octanol–water partition coefficient (Wildman–Crippen LogP) is 1.11. The number of aryl methyl sites for hydroxylation is 2. The number of hydrogen-bond acceptors (Lipinski definition) is 9. The molecule has 0 radical (unpaired) electrons. The zero-order valence-corrected chi connectivity index (χ0v) is 17.5. The summed E-state index contributed by atoms with van der Waals surface area (Å²) in [4.78, 5) is 39.6. The van der Waals surface area contributed by atoms with Gasteiger partial charge in [-0.25, -0.2) is 14.4 Å². The lowest BCUT2D eigenvalue weighted by Gasteiger charge is -2.21. The Bertz CT molecular complexity index is 1090. The molecule has 1 unspecified atom stereocenters. The Morgan fingerprint density at radius 3 is 2.48 bits per heavy atom. The van der Waals surface area contributed by atoms with Crippen LogP contribution in [0.1, 0.15) is 27.7 Å². The van der Waals surface area contributed by atoms with E-state index in [1.807, 2.05) is 0 Å². The summed E-state index contributed by atoms with van der Waals surface area (Å²) in [7, 11) is 0. The summed E-state index contributed by atoms with van der Waals surface area (Å²) < 4.78 is 43.3. The van der Waals surface area contributed by atoms with Gasteiger partial charge in [0, 0.05) is 6.20 Å². The molecule has 0 spiro atoms. The van der Waals surface area contributed by atoms with Gasteiger partial charge < -0.3 is 24.4 Å². The molecule has 3 N–H and O–H groups in total. The molecule has 0 saturated carbocycles. The molecule has 1 aromatic heterocycles. The lowest BCUT2D eigenvalue weighted by Crippen LogP contribution is -2.41. The number of aromatic nitrogens is 2. The third-order valence-electron chi connectivity index (χ3n) is 4.94. The van der Waals surface area contributed by atoms with Crippen LogP contribution in [0.4, 0.5) is 19.4 Å². The highest BCUT2D eigenvalue weighted by atomic mass is 19.3. The van der Waals surface area contributed by atoms with Crippen LogP contribution in [0, 0.1) is 13.8 Å². The zero-order valence-electron chi connectivity index (χ0n) is 17.5. The third kappa shape index (κ3) is 4.99. The number of esters is 1. The van der Waals surface area contributed by atoms with Crippen LogP contribution in [-0.2, 0) is 14.2 Å². The van der Waals surface area contributed by atoms with Gasteiger partial charge in [0.05, 0.1) is 12.2 Å². The van der Waals surface area contributed by atoms with Crippen molar-refractivity contribution >= 4 is 17.9 Å². The van der Waals surface area contributed by atoms with Gasteiger partial charge in [0.1, 0.15) is 11.9 Å². The number of aliphatic hydroxyl groups excluding tert-OH is 2. The molecule has 13 heteroatoms. The summed E-state index contributed by atoms with van der Waals surface area (Å²) in [5.74, 6) is -4.89. The Morgan fingerprint density at radius 1 is 1.24 bits per heavy atom. The fourth-order valence-electron chi connectivity index (χ4n) is 3.27. The smallest absolute Gasteiger partial charge is 0.415 e. The first-order valence-corrected chi connectivity index (χ1v) is 9.64. The van der Waals surface area contributed by atoms with E-state index in [2.05, 4.69) is 10.3 Å². The molecule has 0 aliphatic carbocycles. The van der Waals surface area contributed by atoms with Crippen molar-refractivity contribution < 1.29 is 42.8 Å². The molecule has 1 saturated heterocycles. The Kier molecular flexibility index (Phi) is 7.05. The fraction of sp³-hybridized carbons (Fsp3) is 0.400. The average molecular weight is 469 g/mol. The molecule has 2 aromatic rings. The van der Waals surface area contributed by atoms with E-state index in [-0.39, 0.29) is 5.82 Å². The lowest BCUT2D eigenvalue weighted by molar-refractivity contribution is -0.140. The summed E-state index contributed by atoms with van der Waals surface area (Å²) >= 11 is 0. The highest BCUT2D eigenvalue weighted by Gasteiger charge is 2.59. The molecule has 1 amide bonds.